The maximum absolute atomic E-state index is 13.5. The Bertz CT molecular complexity index is 590. The van der Waals surface area contributed by atoms with Crippen LogP contribution in [0.3, 0.4) is 0 Å². The summed E-state index contributed by atoms with van der Waals surface area (Å²) in [6.07, 6.45) is 2.98. The van der Waals surface area contributed by atoms with Gasteiger partial charge in [-0.2, -0.15) is 5.10 Å². The molecule has 0 unspecified atom stereocenters. The monoisotopic (exact) mass is 341 g/mol. The highest BCUT2D eigenvalue weighted by Gasteiger charge is 2.11. The molecule has 0 aliphatic heterocycles. The summed E-state index contributed by atoms with van der Waals surface area (Å²) >= 11 is 3.22. The third kappa shape index (κ3) is 4.02. The Morgan fingerprint density at radius 3 is 3.05 bits per heavy atom. The molecule has 2 rings (SSSR count). The number of nitrogens with one attached hydrogen (secondary N) is 2. The summed E-state index contributed by atoms with van der Waals surface area (Å²) in [6, 6.07) is 3.68. The van der Waals surface area contributed by atoms with Crippen molar-refractivity contribution < 1.29 is 9.18 Å². The number of aromatic nitrogens is 3. The van der Waals surface area contributed by atoms with Crippen molar-refractivity contribution in [3.63, 3.8) is 0 Å². The van der Waals surface area contributed by atoms with Crippen molar-refractivity contribution in [3.8, 4) is 0 Å². The second-order valence-corrected chi connectivity index (χ2v) is 5.16. The first-order chi connectivity index (χ1) is 9.54. The Labute approximate surface area is 123 Å². The fourth-order valence-corrected chi connectivity index (χ4v) is 1.99. The summed E-state index contributed by atoms with van der Waals surface area (Å²) in [7, 11) is 0. The number of hydrogen-bond donors (Lipinski definition) is 2. The molecule has 0 saturated carbocycles. The first-order valence-corrected chi connectivity index (χ1v) is 6.69. The average molecular weight is 342 g/mol. The van der Waals surface area contributed by atoms with Crippen LogP contribution in [0.2, 0.25) is 0 Å². The molecular formula is C12H13BrFN5O. The molecule has 0 bridgehead atoms. The van der Waals surface area contributed by atoms with Gasteiger partial charge in [0.15, 0.2) is 0 Å². The lowest BCUT2D eigenvalue weighted by atomic mass is 10.3. The number of carbonyl (C=O) groups is 1. The van der Waals surface area contributed by atoms with Crippen LogP contribution in [0.4, 0.5) is 14.9 Å². The van der Waals surface area contributed by atoms with Gasteiger partial charge in [0.05, 0.1) is 12.2 Å². The van der Waals surface area contributed by atoms with Gasteiger partial charge in [-0.15, -0.1) is 0 Å². The van der Waals surface area contributed by atoms with E-state index in [1.807, 2.05) is 6.92 Å². The van der Waals surface area contributed by atoms with Crippen molar-refractivity contribution in [2.45, 2.75) is 19.5 Å². The number of hydrogen-bond acceptors (Lipinski definition) is 3. The number of anilines is 1. The van der Waals surface area contributed by atoms with E-state index >= 15 is 0 Å². The zero-order valence-corrected chi connectivity index (χ0v) is 12.3. The fraction of sp³-hybridized carbons (Fsp3) is 0.250. The molecule has 0 radical (unpaired) electrons. The Hall–Kier alpha value is -1.96. The van der Waals surface area contributed by atoms with E-state index in [1.165, 1.54) is 18.5 Å². The number of urea groups is 1. The molecule has 1 aromatic carbocycles. The van der Waals surface area contributed by atoms with Crippen LogP contribution in [-0.4, -0.2) is 26.8 Å². The van der Waals surface area contributed by atoms with Gasteiger partial charge in [0.25, 0.3) is 0 Å². The molecule has 6 nitrogen and oxygen atoms in total. The van der Waals surface area contributed by atoms with Gasteiger partial charge in [0.1, 0.15) is 18.5 Å². The lowest BCUT2D eigenvalue weighted by Gasteiger charge is -2.14. The predicted octanol–water partition coefficient (Wildman–Crippen LogP) is 2.39. The van der Waals surface area contributed by atoms with Gasteiger partial charge in [0.2, 0.25) is 0 Å². The van der Waals surface area contributed by atoms with E-state index in [2.05, 4.69) is 36.6 Å². The van der Waals surface area contributed by atoms with Crippen LogP contribution in [0.15, 0.2) is 35.3 Å². The smallest absolute Gasteiger partial charge is 0.319 e. The molecule has 0 aliphatic carbocycles. The van der Waals surface area contributed by atoms with E-state index in [9.17, 15) is 9.18 Å². The van der Waals surface area contributed by atoms with Gasteiger partial charge >= 0.3 is 6.03 Å². The fourth-order valence-electron chi connectivity index (χ4n) is 1.63. The maximum Gasteiger partial charge on any atom is 0.319 e. The zero-order chi connectivity index (χ0) is 14.5. The van der Waals surface area contributed by atoms with Gasteiger partial charge in [-0.25, -0.2) is 14.2 Å². The van der Waals surface area contributed by atoms with Crippen molar-refractivity contribution >= 4 is 27.6 Å². The maximum atomic E-state index is 13.5. The third-order valence-electron chi connectivity index (χ3n) is 2.48. The molecule has 20 heavy (non-hydrogen) atoms. The number of rotatable bonds is 4. The van der Waals surface area contributed by atoms with Crippen LogP contribution in [0.25, 0.3) is 0 Å². The van der Waals surface area contributed by atoms with Crippen LogP contribution < -0.4 is 10.6 Å². The van der Waals surface area contributed by atoms with Gasteiger partial charge in [-0.05, 0) is 25.1 Å². The summed E-state index contributed by atoms with van der Waals surface area (Å²) in [5.74, 6) is -0.493. The minimum Gasteiger partial charge on any atom is -0.334 e. The van der Waals surface area contributed by atoms with E-state index in [0.29, 0.717) is 11.0 Å². The summed E-state index contributed by atoms with van der Waals surface area (Å²) in [4.78, 5) is 15.6. The Balaban J connectivity index is 1.90. The summed E-state index contributed by atoms with van der Waals surface area (Å²) in [6.45, 7) is 2.30. The summed E-state index contributed by atoms with van der Waals surface area (Å²) in [5.41, 5.74) is 0.116. The van der Waals surface area contributed by atoms with Gasteiger partial charge in [0, 0.05) is 10.5 Å². The zero-order valence-electron chi connectivity index (χ0n) is 10.7. The van der Waals surface area contributed by atoms with Gasteiger partial charge in [-0.1, -0.05) is 15.9 Å². The van der Waals surface area contributed by atoms with Crippen LogP contribution in [-0.2, 0) is 6.54 Å². The Morgan fingerprint density at radius 1 is 1.55 bits per heavy atom. The van der Waals surface area contributed by atoms with Crippen molar-refractivity contribution in [1.82, 2.24) is 20.1 Å². The minimum absolute atomic E-state index is 0.116. The number of nitrogens with zero attached hydrogens (tertiary/aromatic N) is 3. The van der Waals surface area contributed by atoms with Crippen molar-refractivity contribution in [3.05, 3.63) is 41.1 Å². The standard InChI is InChI=1S/C12H13BrFN5O/c1-8(5-19-7-15-6-16-19)17-12(20)18-11-4-9(13)2-3-10(11)14/h2-4,6-8H,5H2,1H3,(H2,17,18,20)/t8-/m0/s1. The highest BCUT2D eigenvalue weighted by Crippen LogP contribution is 2.19. The highest BCUT2D eigenvalue weighted by molar-refractivity contribution is 9.10. The molecule has 0 spiro atoms. The lowest BCUT2D eigenvalue weighted by molar-refractivity contribution is 0.247. The van der Waals surface area contributed by atoms with E-state index < -0.39 is 11.8 Å². The second kappa shape index (κ2) is 6.47. The van der Waals surface area contributed by atoms with E-state index in [1.54, 1.807) is 17.1 Å². The molecule has 0 fully saturated rings. The first-order valence-electron chi connectivity index (χ1n) is 5.89. The average Bonchev–Trinajstić information content (AvgIpc) is 2.86. The SMILES string of the molecule is C[C@@H](Cn1cncn1)NC(=O)Nc1cc(Br)ccc1F. The van der Waals surface area contributed by atoms with Crippen molar-refractivity contribution in [2.24, 2.45) is 0 Å². The molecule has 1 atom stereocenters. The molecule has 0 aliphatic rings. The normalized spacial score (nSPS) is 11.9. The molecule has 8 heteroatoms. The molecular weight excluding hydrogens is 329 g/mol. The predicted molar refractivity (Wildman–Crippen MR) is 75.7 cm³/mol. The molecule has 2 N–H and O–H groups in total. The topological polar surface area (TPSA) is 71.8 Å². The molecule has 0 saturated heterocycles. The Morgan fingerprint density at radius 2 is 2.35 bits per heavy atom. The summed E-state index contributed by atoms with van der Waals surface area (Å²) in [5, 5.41) is 9.09. The first kappa shape index (κ1) is 14.4. The van der Waals surface area contributed by atoms with Crippen molar-refractivity contribution in [2.75, 3.05) is 5.32 Å². The number of amides is 2. The van der Waals surface area contributed by atoms with Crippen LogP contribution in [0.1, 0.15) is 6.92 Å². The molecule has 1 heterocycles. The van der Waals surface area contributed by atoms with E-state index in [0.717, 1.165) is 0 Å². The molecule has 1 aromatic heterocycles. The number of carbonyl (C=O) groups excluding carboxylic acids is 1. The van der Waals surface area contributed by atoms with Crippen LogP contribution >= 0.6 is 15.9 Å². The van der Waals surface area contributed by atoms with Crippen LogP contribution in [0.5, 0.6) is 0 Å². The van der Waals surface area contributed by atoms with Gasteiger partial charge < -0.3 is 10.6 Å². The van der Waals surface area contributed by atoms with E-state index in [4.69, 9.17) is 0 Å². The second-order valence-electron chi connectivity index (χ2n) is 4.24. The third-order valence-corrected chi connectivity index (χ3v) is 2.97. The lowest BCUT2D eigenvalue weighted by Crippen LogP contribution is -2.38. The molecule has 106 valence electrons. The Kier molecular flexibility index (Phi) is 4.67. The minimum atomic E-state index is -0.493. The number of halogens is 2. The number of benzene rings is 1. The quantitative estimate of drug-likeness (QED) is 0.896. The molecule has 2 aromatic rings. The summed E-state index contributed by atoms with van der Waals surface area (Å²) < 4.78 is 15.8. The van der Waals surface area contributed by atoms with E-state index in [-0.39, 0.29) is 11.7 Å². The molecule has 2 amide bonds. The van der Waals surface area contributed by atoms with Gasteiger partial charge in [-0.3, -0.25) is 4.68 Å². The van der Waals surface area contributed by atoms with Crippen LogP contribution in [0, 0.1) is 5.82 Å². The van der Waals surface area contributed by atoms with Crippen molar-refractivity contribution in [1.29, 1.82) is 0 Å². The highest BCUT2D eigenvalue weighted by atomic mass is 79.9. The largest absolute Gasteiger partial charge is 0.334 e.